The quantitative estimate of drug-likeness (QED) is 0.485. The lowest BCUT2D eigenvalue weighted by molar-refractivity contribution is -0.113. The molecule has 6 nitrogen and oxygen atoms in total. The van der Waals surface area contributed by atoms with E-state index in [9.17, 15) is 9.59 Å². The highest BCUT2D eigenvalue weighted by Crippen LogP contribution is 2.39. The summed E-state index contributed by atoms with van der Waals surface area (Å²) in [6.07, 6.45) is 4.15. The molecule has 0 saturated carbocycles. The summed E-state index contributed by atoms with van der Waals surface area (Å²) in [5.41, 5.74) is 2.04. The summed E-state index contributed by atoms with van der Waals surface area (Å²) in [7, 11) is 0. The molecular weight excluding hydrogens is 400 g/mol. The lowest BCUT2D eigenvalue weighted by Gasteiger charge is -2.22. The van der Waals surface area contributed by atoms with Crippen molar-refractivity contribution in [3.05, 3.63) is 65.3 Å². The van der Waals surface area contributed by atoms with Gasteiger partial charge < -0.3 is 15.5 Å². The molecule has 2 amide bonds. The summed E-state index contributed by atoms with van der Waals surface area (Å²) in [5.74, 6) is -0.526. The standard InChI is InChI=1S/C23H27ClN4O2/c1-3-27(4-2)15-7-13-25-14-12-22(29)28-20-9-6-5-8-18(20)23(30)26-19-16-17(24)10-11-21(19)28/h5-6,8-12,14,16,25H,3-4,7,13,15H2,1-2H3,(H,26,30)/b14-12+. The van der Waals surface area contributed by atoms with Gasteiger partial charge in [0.2, 0.25) is 0 Å². The van der Waals surface area contributed by atoms with Crippen LogP contribution in [0.4, 0.5) is 17.1 Å². The maximum atomic E-state index is 13.1. The third kappa shape index (κ3) is 5.01. The fraction of sp³-hybridized carbons (Fsp3) is 0.304. The summed E-state index contributed by atoms with van der Waals surface area (Å²) < 4.78 is 0. The van der Waals surface area contributed by atoms with Gasteiger partial charge in [0.05, 0.1) is 22.6 Å². The van der Waals surface area contributed by atoms with Crippen molar-refractivity contribution in [2.24, 2.45) is 0 Å². The molecule has 2 aromatic carbocycles. The number of hydrogen-bond donors (Lipinski definition) is 2. The van der Waals surface area contributed by atoms with Gasteiger partial charge in [0.1, 0.15) is 0 Å². The van der Waals surface area contributed by atoms with Crippen molar-refractivity contribution >= 4 is 40.5 Å². The molecule has 2 aromatic rings. The molecule has 2 N–H and O–H groups in total. The number of anilines is 3. The molecule has 1 aliphatic rings. The first-order valence-corrected chi connectivity index (χ1v) is 10.6. The molecule has 0 fully saturated rings. The minimum Gasteiger partial charge on any atom is -0.391 e. The first kappa shape index (κ1) is 21.9. The van der Waals surface area contributed by atoms with Gasteiger partial charge in [-0.2, -0.15) is 0 Å². The Morgan fingerprint density at radius 1 is 1.17 bits per heavy atom. The number of nitrogens with zero attached hydrogens (tertiary/aromatic N) is 2. The number of benzene rings is 2. The molecule has 0 saturated heterocycles. The van der Waals surface area contributed by atoms with Crippen molar-refractivity contribution in [1.82, 2.24) is 10.2 Å². The zero-order valence-electron chi connectivity index (χ0n) is 17.3. The van der Waals surface area contributed by atoms with Crippen LogP contribution in [0.1, 0.15) is 30.6 Å². The van der Waals surface area contributed by atoms with E-state index in [1.54, 1.807) is 42.6 Å². The Balaban J connectivity index is 1.78. The Kier molecular flexibility index (Phi) is 7.49. The Hall–Kier alpha value is -2.83. The molecule has 7 heteroatoms. The van der Waals surface area contributed by atoms with Crippen molar-refractivity contribution in [3.8, 4) is 0 Å². The molecule has 1 aliphatic heterocycles. The van der Waals surface area contributed by atoms with Gasteiger partial charge in [-0.3, -0.25) is 14.5 Å². The van der Waals surface area contributed by atoms with Gasteiger partial charge in [0.25, 0.3) is 11.8 Å². The Labute approximate surface area is 182 Å². The predicted octanol–water partition coefficient (Wildman–Crippen LogP) is 4.41. The van der Waals surface area contributed by atoms with Gasteiger partial charge in [-0.05, 0) is 56.4 Å². The van der Waals surface area contributed by atoms with Crippen molar-refractivity contribution in [1.29, 1.82) is 0 Å². The number of hydrogen-bond acceptors (Lipinski definition) is 4. The van der Waals surface area contributed by atoms with Crippen LogP contribution in [-0.4, -0.2) is 42.9 Å². The lowest BCUT2D eigenvalue weighted by atomic mass is 10.1. The minimum absolute atomic E-state index is 0.251. The average Bonchev–Trinajstić information content (AvgIpc) is 2.87. The molecule has 0 aromatic heterocycles. The smallest absolute Gasteiger partial charge is 0.257 e. The molecule has 3 rings (SSSR count). The van der Waals surface area contributed by atoms with Crippen LogP contribution >= 0.6 is 11.6 Å². The third-order valence-corrected chi connectivity index (χ3v) is 5.33. The predicted molar refractivity (Wildman–Crippen MR) is 123 cm³/mol. The van der Waals surface area contributed by atoms with Gasteiger partial charge >= 0.3 is 0 Å². The first-order valence-electron chi connectivity index (χ1n) is 10.2. The van der Waals surface area contributed by atoms with Gasteiger partial charge in [0, 0.05) is 23.8 Å². The molecule has 0 radical (unpaired) electrons. The van der Waals surface area contributed by atoms with E-state index in [2.05, 4.69) is 29.4 Å². The van der Waals surface area contributed by atoms with Crippen molar-refractivity contribution < 1.29 is 9.59 Å². The fourth-order valence-corrected chi connectivity index (χ4v) is 3.63. The van der Waals surface area contributed by atoms with Crippen LogP contribution in [0.5, 0.6) is 0 Å². The maximum absolute atomic E-state index is 13.1. The Bertz CT molecular complexity index is 941. The topological polar surface area (TPSA) is 64.7 Å². The zero-order chi connectivity index (χ0) is 21.5. The van der Waals surface area contributed by atoms with Crippen LogP contribution in [0.3, 0.4) is 0 Å². The molecule has 0 unspecified atom stereocenters. The fourth-order valence-electron chi connectivity index (χ4n) is 3.45. The second kappa shape index (κ2) is 10.3. The van der Waals surface area contributed by atoms with Gasteiger partial charge in [-0.25, -0.2) is 0 Å². The normalized spacial score (nSPS) is 13.1. The van der Waals surface area contributed by atoms with Gasteiger partial charge in [0.15, 0.2) is 0 Å². The Morgan fingerprint density at radius 3 is 2.70 bits per heavy atom. The number of rotatable bonds is 8. The van der Waals surface area contributed by atoms with Gasteiger partial charge in [-0.1, -0.05) is 37.6 Å². The van der Waals surface area contributed by atoms with E-state index in [4.69, 9.17) is 11.6 Å². The van der Waals surface area contributed by atoms with Crippen LogP contribution in [-0.2, 0) is 4.79 Å². The number of carbonyl (C=O) groups is 2. The largest absolute Gasteiger partial charge is 0.391 e. The van der Waals surface area contributed by atoms with Crippen LogP contribution in [0, 0.1) is 0 Å². The number of halogens is 1. The summed E-state index contributed by atoms with van der Waals surface area (Å²) in [6.45, 7) is 8.18. The highest BCUT2D eigenvalue weighted by Gasteiger charge is 2.28. The summed E-state index contributed by atoms with van der Waals surface area (Å²) in [5, 5.41) is 6.51. The summed E-state index contributed by atoms with van der Waals surface area (Å²) in [6, 6.07) is 12.1. The number of nitrogens with one attached hydrogen (secondary N) is 2. The van der Waals surface area contributed by atoms with E-state index in [1.165, 1.54) is 11.0 Å². The molecule has 1 heterocycles. The number of para-hydroxylation sites is 1. The zero-order valence-corrected chi connectivity index (χ0v) is 18.1. The SMILES string of the molecule is CCN(CC)CCCN/C=C/C(=O)N1c2ccc(Cl)cc2NC(=O)c2ccccc21. The van der Waals surface area contributed by atoms with E-state index >= 15 is 0 Å². The molecule has 0 atom stereocenters. The second-order valence-electron chi connectivity index (χ2n) is 6.97. The maximum Gasteiger partial charge on any atom is 0.257 e. The number of carbonyl (C=O) groups excluding carboxylic acids is 2. The van der Waals surface area contributed by atoms with Crippen molar-refractivity contribution in [2.45, 2.75) is 20.3 Å². The number of amides is 2. The van der Waals surface area contributed by atoms with E-state index in [0.717, 1.165) is 32.6 Å². The highest BCUT2D eigenvalue weighted by molar-refractivity contribution is 6.31. The van der Waals surface area contributed by atoms with Crippen LogP contribution < -0.4 is 15.5 Å². The van der Waals surface area contributed by atoms with E-state index < -0.39 is 0 Å². The second-order valence-corrected chi connectivity index (χ2v) is 7.41. The average molecular weight is 427 g/mol. The minimum atomic E-state index is -0.275. The van der Waals surface area contributed by atoms with Crippen LogP contribution in [0.2, 0.25) is 5.02 Å². The molecular formula is C23H27ClN4O2. The van der Waals surface area contributed by atoms with E-state index in [-0.39, 0.29) is 11.8 Å². The third-order valence-electron chi connectivity index (χ3n) is 5.09. The number of fused-ring (bicyclic) bond motifs is 2. The van der Waals surface area contributed by atoms with Crippen LogP contribution in [0.15, 0.2) is 54.7 Å². The summed E-state index contributed by atoms with van der Waals surface area (Å²) in [4.78, 5) is 29.7. The lowest BCUT2D eigenvalue weighted by Crippen LogP contribution is -2.27. The van der Waals surface area contributed by atoms with Crippen LogP contribution in [0.25, 0.3) is 0 Å². The molecule has 0 aliphatic carbocycles. The first-order chi connectivity index (χ1) is 14.5. The van der Waals surface area contributed by atoms with Crippen molar-refractivity contribution in [2.75, 3.05) is 36.4 Å². The Morgan fingerprint density at radius 2 is 1.93 bits per heavy atom. The molecule has 0 spiro atoms. The monoisotopic (exact) mass is 426 g/mol. The summed E-state index contributed by atoms with van der Waals surface area (Å²) >= 11 is 6.11. The van der Waals surface area contributed by atoms with Gasteiger partial charge in [-0.15, -0.1) is 0 Å². The molecule has 30 heavy (non-hydrogen) atoms. The molecule has 0 bridgehead atoms. The van der Waals surface area contributed by atoms with Crippen molar-refractivity contribution in [3.63, 3.8) is 0 Å². The van der Waals surface area contributed by atoms with E-state index in [0.29, 0.717) is 27.6 Å². The highest BCUT2D eigenvalue weighted by atomic mass is 35.5. The molecule has 158 valence electrons. The van der Waals surface area contributed by atoms with E-state index in [1.807, 2.05) is 6.07 Å².